The van der Waals surface area contributed by atoms with E-state index in [1.165, 1.54) is 0 Å². The maximum atomic E-state index is 12.0. The zero-order valence-corrected chi connectivity index (χ0v) is 16.8. The molecule has 1 aliphatic rings. The summed E-state index contributed by atoms with van der Waals surface area (Å²) in [7, 11) is 0. The van der Waals surface area contributed by atoms with Crippen LogP contribution in [0.1, 0.15) is 43.0 Å². The van der Waals surface area contributed by atoms with Gasteiger partial charge in [0.25, 0.3) is 0 Å². The highest BCUT2D eigenvalue weighted by Crippen LogP contribution is 2.33. The highest BCUT2D eigenvalue weighted by Gasteiger charge is 2.26. The minimum absolute atomic E-state index is 0.158. The van der Waals surface area contributed by atoms with Crippen LogP contribution in [-0.4, -0.2) is 25.5 Å². The van der Waals surface area contributed by atoms with Gasteiger partial charge in [-0.05, 0) is 37.1 Å². The summed E-state index contributed by atoms with van der Waals surface area (Å²) in [6.07, 6.45) is 4.16. The molecule has 4 N–H and O–H groups in total. The van der Waals surface area contributed by atoms with Crippen LogP contribution in [0.4, 0.5) is 5.82 Å². The highest BCUT2D eigenvalue weighted by atomic mass is 16.5. The molecule has 0 saturated heterocycles. The molecule has 1 aliphatic carbocycles. The molecular formula is C23H22N6O2. The molecule has 156 valence electrons. The Morgan fingerprint density at radius 3 is 2.61 bits per heavy atom. The number of nitrogens with one attached hydrogen (secondary N) is 2. The van der Waals surface area contributed by atoms with Crippen LogP contribution >= 0.6 is 0 Å². The van der Waals surface area contributed by atoms with Gasteiger partial charge < -0.3 is 10.5 Å². The van der Waals surface area contributed by atoms with Gasteiger partial charge in [0.2, 0.25) is 0 Å². The lowest BCUT2D eigenvalue weighted by Crippen LogP contribution is -2.15. The van der Waals surface area contributed by atoms with Crippen molar-refractivity contribution in [1.82, 2.24) is 19.7 Å². The predicted octanol–water partition coefficient (Wildman–Crippen LogP) is 4.03. The standard InChI is InChI=1S/C23H22N6O2/c24-19(14-7-6-12-17(13-14)31-16-10-2-1-3-11-16)20-18-21(25)26-23(30)27-22(18)29(28-20)15-8-4-5-9-15/h1-3,6-7,10-13,15,24H,4-5,8-9H2,(H3,25,26,27,30). The topological polar surface area (TPSA) is 123 Å². The third-order valence-electron chi connectivity index (χ3n) is 5.61. The number of anilines is 1. The SMILES string of the molecule is N=C(c1cccc(Oc2ccccc2)c1)c1nn(C2CCCC2)c2nc(=O)[nH]c(N)c12. The molecule has 2 aromatic heterocycles. The smallest absolute Gasteiger partial charge is 0.348 e. The molecule has 0 aliphatic heterocycles. The van der Waals surface area contributed by atoms with Crippen molar-refractivity contribution in [3.8, 4) is 11.5 Å². The largest absolute Gasteiger partial charge is 0.457 e. The number of aromatic amines is 1. The quantitative estimate of drug-likeness (QED) is 0.426. The first-order valence-electron chi connectivity index (χ1n) is 10.3. The lowest BCUT2D eigenvalue weighted by molar-refractivity contribution is 0.477. The predicted molar refractivity (Wildman–Crippen MR) is 119 cm³/mol. The summed E-state index contributed by atoms with van der Waals surface area (Å²) in [4.78, 5) is 18.7. The lowest BCUT2D eigenvalue weighted by Gasteiger charge is -2.10. The molecule has 0 spiro atoms. The van der Waals surface area contributed by atoms with Gasteiger partial charge in [-0.3, -0.25) is 10.4 Å². The van der Waals surface area contributed by atoms with Crippen LogP contribution in [0.5, 0.6) is 11.5 Å². The van der Waals surface area contributed by atoms with Gasteiger partial charge in [0, 0.05) is 5.56 Å². The van der Waals surface area contributed by atoms with Crippen molar-refractivity contribution in [2.24, 2.45) is 0 Å². The van der Waals surface area contributed by atoms with Crippen LogP contribution in [0.15, 0.2) is 59.4 Å². The Morgan fingerprint density at radius 2 is 1.84 bits per heavy atom. The maximum Gasteiger partial charge on any atom is 0.348 e. The zero-order chi connectivity index (χ0) is 21.4. The molecule has 1 fully saturated rings. The van der Waals surface area contributed by atoms with E-state index >= 15 is 0 Å². The summed E-state index contributed by atoms with van der Waals surface area (Å²) in [6.45, 7) is 0. The molecule has 0 unspecified atom stereocenters. The number of para-hydroxylation sites is 1. The van der Waals surface area contributed by atoms with Crippen LogP contribution in [0.3, 0.4) is 0 Å². The average Bonchev–Trinajstić information content (AvgIpc) is 3.42. The molecule has 4 aromatic rings. The van der Waals surface area contributed by atoms with Crippen molar-refractivity contribution in [1.29, 1.82) is 5.41 Å². The molecule has 2 aromatic carbocycles. The second-order valence-electron chi connectivity index (χ2n) is 7.70. The summed E-state index contributed by atoms with van der Waals surface area (Å²) in [5.41, 5.74) is 7.30. The Balaban J connectivity index is 1.57. The number of fused-ring (bicyclic) bond motifs is 1. The number of aromatic nitrogens is 4. The van der Waals surface area contributed by atoms with Gasteiger partial charge in [0.05, 0.1) is 17.1 Å². The van der Waals surface area contributed by atoms with Crippen molar-refractivity contribution in [2.45, 2.75) is 31.7 Å². The fraction of sp³-hybridized carbons (Fsp3) is 0.217. The summed E-state index contributed by atoms with van der Waals surface area (Å²) in [5.74, 6) is 1.51. The van der Waals surface area contributed by atoms with Gasteiger partial charge in [0.1, 0.15) is 23.0 Å². The van der Waals surface area contributed by atoms with E-state index in [-0.39, 0.29) is 17.6 Å². The second-order valence-corrected chi connectivity index (χ2v) is 7.70. The number of nitrogen functional groups attached to an aromatic ring is 1. The van der Waals surface area contributed by atoms with Crippen molar-refractivity contribution in [2.75, 3.05) is 5.73 Å². The molecule has 1 saturated carbocycles. The Kier molecular flexibility index (Phi) is 4.74. The maximum absolute atomic E-state index is 12.0. The first-order chi connectivity index (χ1) is 15.1. The molecule has 8 heteroatoms. The fourth-order valence-electron chi connectivity index (χ4n) is 4.14. The lowest BCUT2D eigenvalue weighted by atomic mass is 10.1. The number of nitrogens with zero attached hydrogens (tertiary/aromatic N) is 3. The number of H-pyrrole nitrogens is 1. The van der Waals surface area contributed by atoms with Crippen LogP contribution in [0.2, 0.25) is 0 Å². The number of benzene rings is 2. The van der Waals surface area contributed by atoms with E-state index in [0.717, 1.165) is 25.7 Å². The van der Waals surface area contributed by atoms with E-state index in [0.29, 0.717) is 33.8 Å². The van der Waals surface area contributed by atoms with Crippen molar-refractivity contribution < 1.29 is 4.74 Å². The van der Waals surface area contributed by atoms with E-state index in [1.807, 2.05) is 48.5 Å². The molecule has 2 heterocycles. The van der Waals surface area contributed by atoms with E-state index in [2.05, 4.69) is 9.97 Å². The van der Waals surface area contributed by atoms with E-state index in [1.54, 1.807) is 10.7 Å². The third kappa shape index (κ3) is 3.56. The fourth-order valence-corrected chi connectivity index (χ4v) is 4.14. The Morgan fingerprint density at radius 1 is 1.10 bits per heavy atom. The van der Waals surface area contributed by atoms with Crippen LogP contribution in [0, 0.1) is 5.41 Å². The molecule has 0 atom stereocenters. The van der Waals surface area contributed by atoms with Gasteiger partial charge in [-0.15, -0.1) is 0 Å². The van der Waals surface area contributed by atoms with E-state index in [9.17, 15) is 4.79 Å². The average molecular weight is 414 g/mol. The molecular weight excluding hydrogens is 392 g/mol. The van der Waals surface area contributed by atoms with Gasteiger partial charge in [-0.1, -0.05) is 43.2 Å². The van der Waals surface area contributed by atoms with E-state index in [4.69, 9.17) is 21.0 Å². The Labute approximate surface area is 178 Å². The Bertz CT molecular complexity index is 1320. The summed E-state index contributed by atoms with van der Waals surface area (Å²) in [5, 5.41) is 14.1. The molecule has 0 bridgehead atoms. The first kappa shape index (κ1) is 19.0. The van der Waals surface area contributed by atoms with Crippen LogP contribution in [-0.2, 0) is 0 Å². The summed E-state index contributed by atoms with van der Waals surface area (Å²) < 4.78 is 7.69. The first-order valence-corrected chi connectivity index (χ1v) is 10.3. The van der Waals surface area contributed by atoms with E-state index < -0.39 is 5.69 Å². The van der Waals surface area contributed by atoms with Crippen LogP contribution in [0.25, 0.3) is 11.0 Å². The highest BCUT2D eigenvalue weighted by molar-refractivity contribution is 6.17. The molecule has 8 nitrogen and oxygen atoms in total. The number of hydrogen-bond acceptors (Lipinski definition) is 6. The second kappa shape index (κ2) is 7.71. The zero-order valence-electron chi connectivity index (χ0n) is 16.8. The molecule has 31 heavy (non-hydrogen) atoms. The summed E-state index contributed by atoms with van der Waals surface area (Å²) in [6, 6.07) is 16.9. The van der Waals surface area contributed by atoms with Crippen molar-refractivity contribution in [3.05, 3.63) is 76.3 Å². The number of ether oxygens (including phenoxy) is 1. The molecule has 0 amide bonds. The normalized spacial score (nSPS) is 14.2. The third-order valence-corrected chi connectivity index (χ3v) is 5.61. The van der Waals surface area contributed by atoms with Gasteiger partial charge >= 0.3 is 5.69 Å². The molecule has 5 rings (SSSR count). The minimum atomic E-state index is -0.513. The van der Waals surface area contributed by atoms with Crippen molar-refractivity contribution >= 4 is 22.6 Å². The van der Waals surface area contributed by atoms with Crippen molar-refractivity contribution in [3.63, 3.8) is 0 Å². The van der Waals surface area contributed by atoms with Gasteiger partial charge in [-0.2, -0.15) is 10.1 Å². The Hall–Kier alpha value is -3.94. The number of rotatable bonds is 5. The van der Waals surface area contributed by atoms with Gasteiger partial charge in [0.15, 0.2) is 5.65 Å². The number of nitrogens with two attached hydrogens (primary N) is 1. The minimum Gasteiger partial charge on any atom is -0.457 e. The van der Waals surface area contributed by atoms with Crippen LogP contribution < -0.4 is 16.2 Å². The monoisotopic (exact) mass is 414 g/mol. The van der Waals surface area contributed by atoms with Gasteiger partial charge in [-0.25, -0.2) is 9.48 Å². The number of hydrogen-bond donors (Lipinski definition) is 3. The molecule has 0 radical (unpaired) electrons. The summed E-state index contributed by atoms with van der Waals surface area (Å²) >= 11 is 0.